The van der Waals surface area contributed by atoms with Crippen molar-refractivity contribution < 1.29 is 18.0 Å². The van der Waals surface area contributed by atoms with Gasteiger partial charge in [0.05, 0.1) is 5.56 Å². The van der Waals surface area contributed by atoms with Crippen LogP contribution >= 0.6 is 11.8 Å². The molecule has 1 amide bonds. The van der Waals surface area contributed by atoms with Crippen LogP contribution in [-0.4, -0.2) is 12.2 Å². The topological polar surface area (TPSA) is 43.1 Å². The lowest BCUT2D eigenvalue weighted by Crippen LogP contribution is -2.13. The lowest BCUT2D eigenvalue weighted by molar-refractivity contribution is -0.137. The summed E-state index contributed by atoms with van der Waals surface area (Å²) < 4.78 is 37.8. The molecule has 0 aromatic heterocycles. The van der Waals surface area contributed by atoms with Gasteiger partial charge in [0.1, 0.15) is 0 Å². The molecule has 0 spiro atoms. The first-order valence-corrected chi connectivity index (χ1v) is 7.87. The lowest BCUT2D eigenvalue weighted by atomic mass is 10.0. The Morgan fingerprint density at radius 3 is 2.04 bits per heavy atom. The van der Waals surface area contributed by atoms with E-state index in [1.165, 1.54) is 12.1 Å². The molecule has 0 saturated heterocycles. The van der Waals surface area contributed by atoms with Gasteiger partial charge in [-0.15, -0.1) is 11.8 Å². The van der Waals surface area contributed by atoms with Gasteiger partial charge in [0.2, 0.25) is 5.91 Å². The van der Waals surface area contributed by atoms with E-state index in [2.05, 4.69) is 0 Å². The zero-order chi connectivity index (χ0) is 17.0. The first kappa shape index (κ1) is 17.1. The van der Waals surface area contributed by atoms with Crippen LogP contribution in [0.25, 0.3) is 11.6 Å². The van der Waals surface area contributed by atoms with Crippen molar-refractivity contribution in [3.8, 4) is 0 Å². The fraction of sp³-hybridized carbons (Fsp3) is 0.118. The third-order valence-electron chi connectivity index (χ3n) is 3.22. The number of halogens is 3. The van der Waals surface area contributed by atoms with Crippen molar-refractivity contribution in [3.63, 3.8) is 0 Å². The van der Waals surface area contributed by atoms with Crippen molar-refractivity contribution in [1.82, 2.24) is 0 Å². The molecular formula is C17H14F3NOS. The molecule has 120 valence electrons. The van der Waals surface area contributed by atoms with Crippen LogP contribution in [0.4, 0.5) is 13.2 Å². The predicted molar refractivity (Wildman–Crippen MR) is 86.7 cm³/mol. The lowest BCUT2D eigenvalue weighted by Gasteiger charge is -2.09. The molecule has 23 heavy (non-hydrogen) atoms. The van der Waals surface area contributed by atoms with E-state index in [-0.39, 0.29) is 5.57 Å². The third kappa shape index (κ3) is 4.39. The van der Waals surface area contributed by atoms with Gasteiger partial charge in [-0.25, -0.2) is 0 Å². The van der Waals surface area contributed by atoms with Crippen LogP contribution in [0.2, 0.25) is 0 Å². The molecule has 2 aromatic carbocycles. The van der Waals surface area contributed by atoms with Crippen molar-refractivity contribution in [2.24, 2.45) is 5.73 Å². The molecule has 0 heterocycles. The fourth-order valence-electron chi connectivity index (χ4n) is 2.00. The Morgan fingerprint density at radius 2 is 1.61 bits per heavy atom. The summed E-state index contributed by atoms with van der Waals surface area (Å²) in [7, 11) is 0. The minimum absolute atomic E-state index is 0.163. The maximum Gasteiger partial charge on any atom is 0.416 e. The Balaban J connectivity index is 2.37. The van der Waals surface area contributed by atoms with E-state index in [9.17, 15) is 18.0 Å². The van der Waals surface area contributed by atoms with Gasteiger partial charge in [-0.1, -0.05) is 24.3 Å². The van der Waals surface area contributed by atoms with Crippen LogP contribution in [0.5, 0.6) is 0 Å². The molecule has 2 rings (SSSR count). The summed E-state index contributed by atoms with van der Waals surface area (Å²) in [6.07, 6.45) is -0.903. The second-order valence-electron chi connectivity index (χ2n) is 4.77. The summed E-state index contributed by atoms with van der Waals surface area (Å²) >= 11 is 1.58. The van der Waals surface area contributed by atoms with E-state index in [0.717, 1.165) is 22.6 Å². The quantitative estimate of drug-likeness (QED) is 0.509. The highest BCUT2D eigenvalue weighted by Crippen LogP contribution is 2.30. The van der Waals surface area contributed by atoms with E-state index in [4.69, 9.17) is 5.73 Å². The van der Waals surface area contributed by atoms with Gasteiger partial charge >= 0.3 is 6.18 Å². The third-order valence-corrected chi connectivity index (χ3v) is 3.96. The average molecular weight is 337 g/mol. The summed E-state index contributed by atoms with van der Waals surface area (Å²) in [5.74, 6) is -0.696. The first-order chi connectivity index (χ1) is 10.8. The molecule has 0 bridgehead atoms. The van der Waals surface area contributed by atoms with Crippen molar-refractivity contribution in [2.45, 2.75) is 11.1 Å². The number of nitrogens with two attached hydrogens (primary N) is 1. The molecule has 0 atom stereocenters. The summed E-state index contributed by atoms with van der Waals surface area (Å²) in [5.41, 5.74) is 5.85. The minimum atomic E-state index is -4.41. The summed E-state index contributed by atoms with van der Waals surface area (Å²) in [6, 6.07) is 11.8. The Morgan fingerprint density at radius 1 is 1.04 bits per heavy atom. The molecular weight excluding hydrogens is 323 g/mol. The summed E-state index contributed by atoms with van der Waals surface area (Å²) in [6.45, 7) is 0. The van der Waals surface area contributed by atoms with E-state index >= 15 is 0 Å². The van der Waals surface area contributed by atoms with Crippen molar-refractivity contribution >= 4 is 29.3 Å². The van der Waals surface area contributed by atoms with Gasteiger partial charge in [-0.3, -0.25) is 4.79 Å². The molecule has 2 aromatic rings. The number of amides is 1. The molecule has 0 aliphatic carbocycles. The van der Waals surface area contributed by atoms with E-state index < -0.39 is 17.6 Å². The number of hydrogen-bond acceptors (Lipinski definition) is 2. The normalized spacial score (nSPS) is 12.3. The maximum absolute atomic E-state index is 12.6. The van der Waals surface area contributed by atoms with Gasteiger partial charge < -0.3 is 5.73 Å². The highest BCUT2D eigenvalue weighted by Gasteiger charge is 2.30. The molecule has 2 N–H and O–H groups in total. The van der Waals surface area contributed by atoms with Crippen LogP contribution in [0.1, 0.15) is 16.7 Å². The zero-order valence-electron chi connectivity index (χ0n) is 12.2. The van der Waals surface area contributed by atoms with E-state index in [1.807, 2.05) is 30.5 Å². The van der Waals surface area contributed by atoms with Crippen LogP contribution < -0.4 is 5.73 Å². The van der Waals surface area contributed by atoms with Crippen LogP contribution in [0.15, 0.2) is 53.4 Å². The van der Waals surface area contributed by atoms with E-state index in [1.54, 1.807) is 17.8 Å². The Kier molecular flexibility index (Phi) is 5.15. The Hall–Kier alpha value is -2.21. The highest BCUT2D eigenvalue weighted by atomic mass is 32.2. The standard InChI is InChI=1S/C17H14F3NOS/c1-23-14-8-2-11(3-9-14)10-15(16(21)22)12-4-6-13(7-5-12)17(18,19)20/h2-10H,1H3,(H2,21,22)/b15-10+. The van der Waals surface area contributed by atoms with Crippen molar-refractivity contribution in [1.29, 1.82) is 0 Å². The first-order valence-electron chi connectivity index (χ1n) is 6.64. The summed E-state index contributed by atoms with van der Waals surface area (Å²) in [4.78, 5) is 12.7. The number of rotatable bonds is 4. The van der Waals surface area contributed by atoms with E-state index in [0.29, 0.717) is 5.56 Å². The Labute approximate surface area is 136 Å². The SMILES string of the molecule is CSc1ccc(/C=C(/C(N)=O)c2ccc(C(F)(F)F)cc2)cc1. The van der Waals surface area contributed by atoms with Gasteiger partial charge in [0, 0.05) is 10.5 Å². The van der Waals surface area contributed by atoms with Crippen molar-refractivity contribution in [3.05, 3.63) is 65.2 Å². The molecule has 0 fully saturated rings. The molecule has 0 saturated carbocycles. The molecule has 0 radical (unpaired) electrons. The van der Waals surface area contributed by atoms with Gasteiger partial charge in [-0.2, -0.15) is 13.2 Å². The minimum Gasteiger partial charge on any atom is -0.366 e. The molecule has 6 heteroatoms. The molecule has 2 nitrogen and oxygen atoms in total. The molecule has 0 aliphatic heterocycles. The average Bonchev–Trinajstić information content (AvgIpc) is 2.52. The summed E-state index contributed by atoms with van der Waals surface area (Å²) in [5, 5.41) is 0. The number of carbonyl (C=O) groups is 1. The number of alkyl halides is 3. The van der Waals surface area contributed by atoms with Gasteiger partial charge in [0.15, 0.2) is 0 Å². The number of primary amides is 1. The molecule has 0 aliphatic rings. The van der Waals surface area contributed by atoms with Crippen LogP contribution in [0, 0.1) is 0 Å². The van der Waals surface area contributed by atoms with Crippen LogP contribution in [-0.2, 0) is 11.0 Å². The molecule has 0 unspecified atom stereocenters. The highest BCUT2D eigenvalue weighted by molar-refractivity contribution is 7.98. The Bertz CT molecular complexity index is 719. The number of benzene rings is 2. The van der Waals surface area contributed by atoms with Crippen molar-refractivity contribution in [2.75, 3.05) is 6.26 Å². The number of thioether (sulfide) groups is 1. The predicted octanol–water partition coefficient (Wildman–Crippen LogP) is 4.45. The monoisotopic (exact) mass is 337 g/mol. The smallest absolute Gasteiger partial charge is 0.366 e. The van der Waals surface area contributed by atoms with Gasteiger partial charge in [0.25, 0.3) is 0 Å². The number of hydrogen-bond donors (Lipinski definition) is 1. The zero-order valence-corrected chi connectivity index (χ0v) is 13.0. The fourth-order valence-corrected chi connectivity index (χ4v) is 2.41. The second kappa shape index (κ2) is 6.91. The maximum atomic E-state index is 12.6. The second-order valence-corrected chi connectivity index (χ2v) is 5.65. The largest absolute Gasteiger partial charge is 0.416 e. The van der Waals surface area contributed by atoms with Gasteiger partial charge in [-0.05, 0) is 47.7 Å². The van der Waals surface area contributed by atoms with Crippen LogP contribution in [0.3, 0.4) is 0 Å². The number of carbonyl (C=O) groups excluding carboxylic acids is 1.